The maximum Gasteiger partial charge on any atom is 0.252 e. The smallest absolute Gasteiger partial charge is 0.236 e. The SMILES string of the molecule is CC(Br)c1nc(C#N)nn1-c1ccc(C#N)cn1. The van der Waals surface area contributed by atoms with Crippen LogP contribution in [0.25, 0.3) is 5.82 Å². The van der Waals surface area contributed by atoms with Gasteiger partial charge in [0.1, 0.15) is 18.0 Å². The van der Waals surface area contributed by atoms with Crippen molar-refractivity contribution in [3.05, 3.63) is 35.5 Å². The molecule has 1 atom stereocenters. The Morgan fingerprint density at radius 1 is 1.33 bits per heavy atom. The predicted molar refractivity (Wildman–Crippen MR) is 65.9 cm³/mol. The average molecular weight is 303 g/mol. The summed E-state index contributed by atoms with van der Waals surface area (Å²) >= 11 is 3.39. The van der Waals surface area contributed by atoms with Crippen molar-refractivity contribution in [3.63, 3.8) is 0 Å². The van der Waals surface area contributed by atoms with Crippen molar-refractivity contribution in [1.82, 2.24) is 19.7 Å². The number of aromatic nitrogens is 4. The monoisotopic (exact) mass is 302 g/mol. The van der Waals surface area contributed by atoms with E-state index in [4.69, 9.17) is 10.5 Å². The van der Waals surface area contributed by atoms with Crippen molar-refractivity contribution in [3.8, 4) is 18.0 Å². The summed E-state index contributed by atoms with van der Waals surface area (Å²) in [5.41, 5.74) is 0.466. The van der Waals surface area contributed by atoms with E-state index in [1.54, 1.807) is 12.1 Å². The molecule has 1 unspecified atom stereocenters. The van der Waals surface area contributed by atoms with E-state index >= 15 is 0 Å². The van der Waals surface area contributed by atoms with Gasteiger partial charge < -0.3 is 0 Å². The number of hydrogen-bond donors (Lipinski definition) is 0. The summed E-state index contributed by atoms with van der Waals surface area (Å²) in [6.45, 7) is 1.88. The molecule has 0 fully saturated rings. The third-order valence-corrected chi connectivity index (χ3v) is 2.59. The first-order valence-electron chi connectivity index (χ1n) is 5.03. The van der Waals surface area contributed by atoms with E-state index in [2.05, 4.69) is 31.0 Å². The van der Waals surface area contributed by atoms with Crippen LogP contribution in [0.15, 0.2) is 18.3 Å². The van der Waals surface area contributed by atoms with Gasteiger partial charge in [0.05, 0.1) is 10.4 Å². The molecule has 0 bridgehead atoms. The number of hydrogen-bond acceptors (Lipinski definition) is 5. The van der Waals surface area contributed by atoms with Crippen LogP contribution in [0, 0.1) is 22.7 Å². The molecule has 0 N–H and O–H groups in total. The fraction of sp³-hybridized carbons (Fsp3) is 0.182. The molecule has 2 heterocycles. The van der Waals surface area contributed by atoms with Crippen molar-refractivity contribution in [2.75, 3.05) is 0 Å². The van der Waals surface area contributed by atoms with Gasteiger partial charge in [0.2, 0.25) is 0 Å². The lowest BCUT2D eigenvalue weighted by Gasteiger charge is -2.05. The van der Waals surface area contributed by atoms with Gasteiger partial charge in [-0.3, -0.25) is 0 Å². The molecule has 7 heteroatoms. The maximum absolute atomic E-state index is 8.82. The van der Waals surface area contributed by atoms with E-state index in [0.717, 1.165) is 0 Å². The zero-order chi connectivity index (χ0) is 13.1. The molecule has 2 aromatic rings. The molecule has 2 rings (SSSR count). The number of pyridine rings is 1. The topological polar surface area (TPSA) is 91.2 Å². The van der Waals surface area contributed by atoms with Crippen LogP contribution in [0.5, 0.6) is 0 Å². The highest BCUT2D eigenvalue weighted by Gasteiger charge is 2.16. The van der Waals surface area contributed by atoms with Crippen molar-refractivity contribution in [1.29, 1.82) is 10.5 Å². The lowest BCUT2D eigenvalue weighted by atomic mass is 10.3. The molecule has 0 amide bonds. The summed E-state index contributed by atoms with van der Waals surface area (Å²) in [5.74, 6) is 1.19. The van der Waals surface area contributed by atoms with Gasteiger partial charge in [-0.2, -0.15) is 15.2 Å². The van der Waals surface area contributed by atoms with E-state index in [1.807, 2.05) is 19.1 Å². The summed E-state index contributed by atoms with van der Waals surface area (Å²) in [6, 6.07) is 7.18. The van der Waals surface area contributed by atoms with Gasteiger partial charge in [0, 0.05) is 6.20 Å². The fourth-order valence-electron chi connectivity index (χ4n) is 1.38. The van der Waals surface area contributed by atoms with Crippen LogP contribution in [0.2, 0.25) is 0 Å². The normalized spacial score (nSPS) is 11.6. The Bertz CT molecular complexity index is 644. The summed E-state index contributed by atoms with van der Waals surface area (Å²) < 4.78 is 1.49. The van der Waals surface area contributed by atoms with Crippen molar-refractivity contribution < 1.29 is 0 Å². The van der Waals surface area contributed by atoms with E-state index in [1.165, 1.54) is 10.9 Å². The van der Waals surface area contributed by atoms with Gasteiger partial charge in [0.25, 0.3) is 5.82 Å². The molecule has 0 saturated carbocycles. The molecule has 0 radical (unpaired) electrons. The number of nitrogens with zero attached hydrogens (tertiary/aromatic N) is 6. The zero-order valence-corrected chi connectivity index (χ0v) is 11.0. The first kappa shape index (κ1) is 12.2. The predicted octanol–water partition coefficient (Wildman–Crippen LogP) is 1.86. The summed E-state index contributed by atoms with van der Waals surface area (Å²) in [7, 11) is 0. The molecule has 2 aromatic heterocycles. The van der Waals surface area contributed by atoms with Gasteiger partial charge >= 0.3 is 0 Å². The molecule has 0 aliphatic rings. The maximum atomic E-state index is 8.82. The highest BCUT2D eigenvalue weighted by molar-refractivity contribution is 9.09. The molecule has 0 aromatic carbocycles. The standard InChI is InChI=1S/C11H7BrN6/c1-7(12)11-16-9(5-14)17-18(11)10-3-2-8(4-13)6-15-10/h2-3,6-7H,1H3. The van der Waals surface area contributed by atoms with Crippen molar-refractivity contribution in [2.45, 2.75) is 11.8 Å². The number of rotatable bonds is 2. The Morgan fingerprint density at radius 2 is 2.11 bits per heavy atom. The highest BCUT2D eigenvalue weighted by atomic mass is 79.9. The largest absolute Gasteiger partial charge is 0.252 e. The molecule has 0 spiro atoms. The first-order valence-corrected chi connectivity index (χ1v) is 5.95. The fourth-order valence-corrected chi connectivity index (χ4v) is 1.67. The zero-order valence-electron chi connectivity index (χ0n) is 9.37. The minimum Gasteiger partial charge on any atom is -0.236 e. The molecule has 0 aliphatic carbocycles. The van der Waals surface area contributed by atoms with Crippen LogP contribution in [0.1, 0.15) is 29.0 Å². The second kappa shape index (κ2) is 4.94. The second-order valence-corrected chi connectivity index (χ2v) is 4.82. The average Bonchev–Trinajstić information content (AvgIpc) is 2.83. The molecular formula is C11H7BrN6. The van der Waals surface area contributed by atoms with E-state index in [0.29, 0.717) is 17.2 Å². The third-order valence-electron chi connectivity index (χ3n) is 2.18. The second-order valence-electron chi connectivity index (χ2n) is 3.45. The van der Waals surface area contributed by atoms with E-state index in [-0.39, 0.29) is 10.7 Å². The van der Waals surface area contributed by atoms with E-state index in [9.17, 15) is 0 Å². The summed E-state index contributed by atoms with van der Waals surface area (Å²) in [5, 5.41) is 21.6. The van der Waals surface area contributed by atoms with Gasteiger partial charge in [-0.25, -0.2) is 9.97 Å². The molecular weight excluding hydrogens is 296 g/mol. The number of alkyl halides is 1. The Hall–Kier alpha value is -2.25. The Morgan fingerprint density at radius 3 is 2.61 bits per heavy atom. The number of nitriles is 2. The quantitative estimate of drug-likeness (QED) is 0.790. The van der Waals surface area contributed by atoms with Crippen molar-refractivity contribution >= 4 is 15.9 Å². The lowest BCUT2D eigenvalue weighted by Crippen LogP contribution is -2.05. The van der Waals surface area contributed by atoms with Crippen LogP contribution in [-0.4, -0.2) is 19.7 Å². The Balaban J connectivity index is 2.52. The Kier molecular flexibility index (Phi) is 3.35. The highest BCUT2D eigenvalue weighted by Crippen LogP contribution is 2.21. The first-order chi connectivity index (χ1) is 8.65. The van der Waals surface area contributed by atoms with Gasteiger partial charge in [0.15, 0.2) is 5.82 Å². The van der Waals surface area contributed by atoms with Crippen molar-refractivity contribution in [2.24, 2.45) is 0 Å². The van der Waals surface area contributed by atoms with Gasteiger partial charge in [-0.1, -0.05) is 15.9 Å². The molecule has 18 heavy (non-hydrogen) atoms. The van der Waals surface area contributed by atoms with Crippen LogP contribution >= 0.6 is 15.9 Å². The molecule has 88 valence electrons. The number of halogens is 1. The third kappa shape index (κ3) is 2.22. The van der Waals surface area contributed by atoms with Crippen LogP contribution in [-0.2, 0) is 0 Å². The lowest BCUT2D eigenvalue weighted by molar-refractivity contribution is 0.774. The molecule has 0 saturated heterocycles. The minimum absolute atomic E-state index is 0.0652. The van der Waals surface area contributed by atoms with Crippen LogP contribution < -0.4 is 0 Å². The molecule has 0 aliphatic heterocycles. The van der Waals surface area contributed by atoms with E-state index < -0.39 is 0 Å². The van der Waals surface area contributed by atoms with Crippen LogP contribution in [0.3, 0.4) is 0 Å². The van der Waals surface area contributed by atoms with Crippen LogP contribution in [0.4, 0.5) is 0 Å². The summed E-state index contributed by atoms with van der Waals surface area (Å²) in [4.78, 5) is 8.14. The Labute approximate surface area is 112 Å². The minimum atomic E-state index is -0.0652. The summed E-state index contributed by atoms with van der Waals surface area (Å²) in [6.07, 6.45) is 1.45. The molecule has 6 nitrogen and oxygen atoms in total. The van der Waals surface area contributed by atoms with Gasteiger partial charge in [-0.05, 0) is 19.1 Å². The van der Waals surface area contributed by atoms with Gasteiger partial charge in [-0.15, -0.1) is 5.10 Å².